The summed E-state index contributed by atoms with van der Waals surface area (Å²) < 4.78 is 38.9. The van der Waals surface area contributed by atoms with E-state index in [-0.39, 0.29) is 10.8 Å². The van der Waals surface area contributed by atoms with E-state index in [1.807, 2.05) is 0 Å². The summed E-state index contributed by atoms with van der Waals surface area (Å²) >= 11 is 4.78. The quantitative estimate of drug-likeness (QED) is 0.364. The first-order valence-electron chi connectivity index (χ1n) is 5.21. The number of nitrogens with two attached hydrogens (primary N) is 1. The smallest absolute Gasteiger partial charge is 0.370 e. The van der Waals surface area contributed by atoms with Gasteiger partial charge in [-0.2, -0.15) is 13.2 Å². The van der Waals surface area contributed by atoms with Crippen molar-refractivity contribution in [1.82, 2.24) is 5.32 Å². The molecular weight excluding hydrogens is 277 g/mol. The third-order valence-corrected chi connectivity index (χ3v) is 2.48. The van der Waals surface area contributed by atoms with Gasteiger partial charge in [0.05, 0.1) is 11.3 Å². The summed E-state index contributed by atoms with van der Waals surface area (Å²) in [6.45, 7) is 3.12. The summed E-state index contributed by atoms with van der Waals surface area (Å²) in [4.78, 5) is 0. The molecule has 0 amide bonds. The van der Waals surface area contributed by atoms with Crippen molar-refractivity contribution in [1.29, 1.82) is 5.41 Å². The summed E-state index contributed by atoms with van der Waals surface area (Å²) in [5.74, 6) is -0.448. The maximum absolute atomic E-state index is 13.0. The molecule has 1 rings (SSSR count). The molecule has 0 fully saturated rings. The number of rotatable bonds is 1. The Labute approximate surface area is 113 Å². The topological polar surface area (TPSA) is 73.9 Å². The van der Waals surface area contributed by atoms with E-state index >= 15 is 0 Å². The molecule has 104 valence electrons. The Morgan fingerprint density at radius 1 is 1.32 bits per heavy atom. The van der Waals surface area contributed by atoms with Gasteiger partial charge in [-0.15, -0.1) is 0 Å². The molecule has 0 aliphatic heterocycles. The van der Waals surface area contributed by atoms with Gasteiger partial charge in [-0.25, -0.2) is 0 Å². The highest BCUT2D eigenvalue weighted by Gasteiger charge is 2.34. The Morgan fingerprint density at radius 3 is 2.37 bits per heavy atom. The molecule has 0 spiro atoms. The maximum atomic E-state index is 13.0. The minimum atomic E-state index is -4.50. The van der Waals surface area contributed by atoms with E-state index in [1.54, 1.807) is 19.9 Å². The Hall–Kier alpha value is -1.83. The van der Waals surface area contributed by atoms with Crippen molar-refractivity contribution >= 4 is 29.0 Å². The van der Waals surface area contributed by atoms with Gasteiger partial charge < -0.3 is 16.4 Å². The van der Waals surface area contributed by atoms with Crippen LogP contribution in [0.4, 0.5) is 18.9 Å². The van der Waals surface area contributed by atoms with Crippen LogP contribution in [-0.2, 0) is 6.18 Å². The van der Waals surface area contributed by atoms with E-state index < -0.39 is 17.7 Å². The molecule has 0 aliphatic rings. The van der Waals surface area contributed by atoms with Crippen LogP contribution in [-0.4, -0.2) is 11.1 Å². The van der Waals surface area contributed by atoms with Gasteiger partial charge >= 0.3 is 6.18 Å². The van der Waals surface area contributed by atoms with Gasteiger partial charge in [0.25, 0.3) is 0 Å². The molecule has 4 nitrogen and oxygen atoms in total. The normalized spacial score (nSPS) is 11.0. The van der Waals surface area contributed by atoms with Gasteiger partial charge in [-0.1, -0.05) is 11.6 Å². The fourth-order valence-corrected chi connectivity index (χ4v) is 1.84. The summed E-state index contributed by atoms with van der Waals surface area (Å²) in [6, 6.07) is 2.64. The second-order valence-corrected chi connectivity index (χ2v) is 4.40. The Bertz CT molecular complexity index is 525. The van der Waals surface area contributed by atoms with E-state index in [9.17, 15) is 13.2 Å². The molecule has 0 saturated heterocycles. The highest BCUT2D eigenvalue weighted by Crippen LogP contribution is 2.37. The van der Waals surface area contributed by atoms with Gasteiger partial charge in [-0.05, 0) is 37.7 Å². The average molecular weight is 290 g/mol. The number of alkyl halides is 3. The first-order valence-corrected chi connectivity index (χ1v) is 5.62. The Balaban J connectivity index is 3.19. The van der Waals surface area contributed by atoms with Crippen LogP contribution >= 0.6 is 12.2 Å². The van der Waals surface area contributed by atoms with Crippen molar-refractivity contribution in [2.45, 2.75) is 20.0 Å². The molecule has 0 bridgehead atoms. The molecule has 0 aromatic heterocycles. The molecule has 0 radical (unpaired) electrons. The zero-order valence-corrected chi connectivity index (χ0v) is 11.1. The summed E-state index contributed by atoms with van der Waals surface area (Å²) in [5, 5.41) is 11.5. The van der Waals surface area contributed by atoms with Gasteiger partial charge in [0.2, 0.25) is 0 Å². The van der Waals surface area contributed by atoms with Crippen LogP contribution in [0.5, 0.6) is 0 Å². The molecular formula is C11H13F3N4S. The highest BCUT2D eigenvalue weighted by atomic mass is 32.1. The van der Waals surface area contributed by atoms with E-state index in [4.69, 9.17) is 23.4 Å². The zero-order chi connectivity index (χ0) is 14.8. The van der Waals surface area contributed by atoms with E-state index in [2.05, 4.69) is 10.6 Å². The minimum Gasteiger partial charge on any atom is -0.370 e. The van der Waals surface area contributed by atoms with Gasteiger partial charge in [-0.3, -0.25) is 5.41 Å². The molecule has 19 heavy (non-hydrogen) atoms. The van der Waals surface area contributed by atoms with Crippen LogP contribution in [0.2, 0.25) is 0 Å². The second-order valence-electron chi connectivity index (χ2n) is 3.99. The molecule has 0 heterocycles. The Morgan fingerprint density at radius 2 is 1.89 bits per heavy atom. The molecule has 5 N–H and O–H groups in total. The third kappa shape index (κ3) is 4.09. The second kappa shape index (κ2) is 5.43. The van der Waals surface area contributed by atoms with Crippen molar-refractivity contribution in [3.8, 4) is 0 Å². The van der Waals surface area contributed by atoms with Gasteiger partial charge in [0.15, 0.2) is 11.1 Å². The van der Waals surface area contributed by atoms with Gasteiger partial charge in [0.1, 0.15) is 0 Å². The first kappa shape index (κ1) is 15.2. The number of anilines is 1. The van der Waals surface area contributed by atoms with E-state index in [1.165, 1.54) is 0 Å². The predicted octanol–water partition coefficient (Wildman–Crippen LogP) is 2.50. The number of thiocarbonyl (C=S) groups is 1. The molecule has 0 unspecified atom stereocenters. The number of guanidine groups is 1. The summed E-state index contributed by atoms with van der Waals surface area (Å²) in [6.07, 6.45) is -4.50. The van der Waals surface area contributed by atoms with Crippen LogP contribution < -0.4 is 16.4 Å². The standard InChI is InChI=1S/C11H13F3N4S/c1-5-3-6(2)8(7(4-5)11(12,13)14)17-10(19)18-9(15)16/h3-4H,1-2H3,(H5,15,16,17,18,19). The lowest BCUT2D eigenvalue weighted by Crippen LogP contribution is -2.39. The van der Waals surface area contributed by atoms with Crippen molar-refractivity contribution in [2.75, 3.05) is 5.32 Å². The Kier molecular flexibility index (Phi) is 4.35. The number of hydrogen-bond acceptors (Lipinski definition) is 2. The molecule has 8 heteroatoms. The molecule has 0 atom stereocenters. The van der Waals surface area contributed by atoms with Crippen LogP contribution in [0.1, 0.15) is 16.7 Å². The van der Waals surface area contributed by atoms with E-state index in [0.717, 1.165) is 6.07 Å². The fourth-order valence-electron chi connectivity index (χ4n) is 1.62. The number of hydrogen-bond donors (Lipinski definition) is 4. The largest absolute Gasteiger partial charge is 0.418 e. The van der Waals surface area contributed by atoms with E-state index in [0.29, 0.717) is 11.1 Å². The number of halogens is 3. The lowest BCUT2D eigenvalue weighted by Gasteiger charge is -2.18. The van der Waals surface area contributed by atoms with Crippen molar-refractivity contribution in [2.24, 2.45) is 5.73 Å². The van der Waals surface area contributed by atoms with Crippen LogP contribution in [0.25, 0.3) is 0 Å². The summed E-state index contributed by atoms with van der Waals surface area (Å²) in [5.41, 5.74) is 5.01. The number of benzene rings is 1. The van der Waals surface area contributed by atoms with Crippen molar-refractivity contribution < 1.29 is 13.2 Å². The highest BCUT2D eigenvalue weighted by molar-refractivity contribution is 7.80. The zero-order valence-electron chi connectivity index (χ0n) is 10.3. The SMILES string of the molecule is Cc1cc(C)c(NC(=S)NC(=N)N)c(C(F)(F)F)c1. The monoisotopic (exact) mass is 290 g/mol. The van der Waals surface area contributed by atoms with Crippen molar-refractivity contribution in [3.63, 3.8) is 0 Å². The number of nitrogens with one attached hydrogen (secondary N) is 3. The first-order chi connectivity index (χ1) is 8.61. The van der Waals surface area contributed by atoms with Gasteiger partial charge in [0, 0.05) is 0 Å². The predicted molar refractivity (Wildman–Crippen MR) is 72.2 cm³/mol. The maximum Gasteiger partial charge on any atom is 0.418 e. The van der Waals surface area contributed by atoms with Crippen LogP contribution in [0.3, 0.4) is 0 Å². The molecule has 0 saturated carbocycles. The molecule has 1 aromatic carbocycles. The lowest BCUT2D eigenvalue weighted by atomic mass is 10.0. The minimum absolute atomic E-state index is 0.142. The average Bonchev–Trinajstić information content (AvgIpc) is 2.18. The summed E-state index contributed by atoms with van der Waals surface area (Å²) in [7, 11) is 0. The fraction of sp³-hybridized carbons (Fsp3) is 0.273. The van der Waals surface area contributed by atoms with Crippen LogP contribution in [0, 0.1) is 19.3 Å². The molecule has 0 aliphatic carbocycles. The lowest BCUT2D eigenvalue weighted by molar-refractivity contribution is -0.137. The van der Waals surface area contributed by atoms with Crippen molar-refractivity contribution in [3.05, 3.63) is 28.8 Å². The third-order valence-electron chi connectivity index (χ3n) is 2.27. The van der Waals surface area contributed by atoms with Crippen LogP contribution in [0.15, 0.2) is 12.1 Å². The number of aryl methyl sites for hydroxylation is 2. The molecule has 1 aromatic rings.